The van der Waals surface area contributed by atoms with Crippen molar-refractivity contribution in [3.8, 4) is 22.9 Å². The minimum Gasteiger partial charge on any atom is -0.486 e. The van der Waals surface area contributed by atoms with Gasteiger partial charge < -0.3 is 14.8 Å². The van der Waals surface area contributed by atoms with E-state index in [0.29, 0.717) is 35.5 Å². The Morgan fingerprint density at radius 3 is 2.65 bits per heavy atom. The topological polar surface area (TPSA) is 78.3 Å². The Hall–Kier alpha value is -3.07. The van der Waals surface area contributed by atoms with Gasteiger partial charge in [-0.05, 0) is 48.6 Å². The third-order valence-electron chi connectivity index (χ3n) is 5.93. The summed E-state index contributed by atoms with van der Waals surface area (Å²) in [5, 5.41) is 12.3. The van der Waals surface area contributed by atoms with Crippen LogP contribution in [-0.2, 0) is 4.79 Å². The average Bonchev–Trinajstić information content (AvgIpc) is 3.60. The van der Waals surface area contributed by atoms with Crippen LogP contribution in [-0.4, -0.2) is 39.6 Å². The van der Waals surface area contributed by atoms with Crippen LogP contribution in [0.4, 0.5) is 4.39 Å². The van der Waals surface area contributed by atoms with Crippen molar-refractivity contribution < 1.29 is 18.7 Å². The number of carbonyl (C=O) groups is 1. The zero-order valence-electron chi connectivity index (χ0n) is 19.2. The molecule has 2 heterocycles. The van der Waals surface area contributed by atoms with E-state index in [0.717, 1.165) is 24.2 Å². The lowest BCUT2D eigenvalue weighted by Gasteiger charge is -2.25. The van der Waals surface area contributed by atoms with Crippen molar-refractivity contribution in [2.45, 2.75) is 43.9 Å². The Morgan fingerprint density at radius 2 is 1.91 bits per heavy atom. The van der Waals surface area contributed by atoms with Gasteiger partial charge in [0.05, 0.1) is 17.4 Å². The van der Waals surface area contributed by atoms with E-state index in [-0.39, 0.29) is 35.5 Å². The van der Waals surface area contributed by atoms with Gasteiger partial charge in [-0.2, -0.15) is 0 Å². The molecule has 178 valence electrons. The monoisotopic (exact) mass is 482 g/mol. The van der Waals surface area contributed by atoms with Crippen molar-refractivity contribution in [3.63, 3.8) is 0 Å². The summed E-state index contributed by atoms with van der Waals surface area (Å²) in [5.41, 5.74) is 1.40. The summed E-state index contributed by atoms with van der Waals surface area (Å²) in [7, 11) is 0. The van der Waals surface area contributed by atoms with Crippen LogP contribution in [0.25, 0.3) is 11.4 Å². The molecule has 0 unspecified atom stereocenters. The van der Waals surface area contributed by atoms with Crippen LogP contribution in [0.1, 0.15) is 44.3 Å². The summed E-state index contributed by atoms with van der Waals surface area (Å²) in [6.07, 6.45) is 2.00. The largest absolute Gasteiger partial charge is 0.486 e. The van der Waals surface area contributed by atoms with Gasteiger partial charge in [0.2, 0.25) is 5.91 Å². The smallest absolute Gasteiger partial charge is 0.230 e. The van der Waals surface area contributed by atoms with Crippen LogP contribution in [0.15, 0.2) is 47.6 Å². The highest BCUT2D eigenvalue weighted by atomic mass is 32.2. The van der Waals surface area contributed by atoms with Gasteiger partial charge in [-0.15, -0.1) is 10.2 Å². The summed E-state index contributed by atoms with van der Waals surface area (Å²) in [6.45, 7) is 5.19. The van der Waals surface area contributed by atoms with Crippen LogP contribution in [0.2, 0.25) is 0 Å². The highest BCUT2D eigenvalue weighted by Crippen LogP contribution is 2.41. The molecular formula is C25H27FN4O3S. The van der Waals surface area contributed by atoms with Crippen molar-refractivity contribution in [1.82, 2.24) is 20.1 Å². The number of thioether (sulfide) groups is 1. The van der Waals surface area contributed by atoms with Gasteiger partial charge in [0.15, 0.2) is 22.5 Å². The van der Waals surface area contributed by atoms with Gasteiger partial charge in [0.1, 0.15) is 19.0 Å². The van der Waals surface area contributed by atoms with E-state index in [1.165, 1.54) is 17.8 Å². The fraction of sp³-hybridized carbons (Fsp3) is 0.400. The fourth-order valence-corrected chi connectivity index (χ4v) is 4.91. The Kier molecular flexibility index (Phi) is 6.45. The first kappa shape index (κ1) is 22.7. The van der Waals surface area contributed by atoms with Crippen molar-refractivity contribution in [1.29, 1.82) is 0 Å². The number of carbonyl (C=O) groups excluding carboxylic acids is 1. The molecular weight excluding hydrogens is 455 g/mol. The lowest BCUT2D eigenvalue weighted by molar-refractivity contribution is -0.119. The second-order valence-corrected chi connectivity index (χ2v) is 9.81. The maximum atomic E-state index is 14.4. The average molecular weight is 483 g/mol. The standard InChI is InChI=1S/C25H27FN4O3S/c1-15(2)23(16-7-10-20-21(13-16)33-12-11-32-20)27-22(31)14-34-25-29-28-24(30(25)17-8-9-17)18-5-3-4-6-19(18)26/h3-7,10,13,15,17,23H,8-9,11-12,14H2,1-2H3,(H,27,31)/t23-/m0/s1. The SMILES string of the molecule is CC(C)[C@H](NC(=O)CSc1nnc(-c2ccccc2F)n1C1CC1)c1ccc2c(c1)OCCO2. The molecule has 2 aromatic carbocycles. The maximum absolute atomic E-state index is 14.4. The first-order valence-electron chi connectivity index (χ1n) is 11.5. The maximum Gasteiger partial charge on any atom is 0.230 e. The predicted molar refractivity (Wildman–Crippen MR) is 128 cm³/mol. The van der Waals surface area contributed by atoms with E-state index >= 15 is 0 Å². The fourth-order valence-electron chi connectivity index (χ4n) is 4.10. The van der Waals surface area contributed by atoms with Crippen molar-refractivity contribution >= 4 is 17.7 Å². The molecule has 0 saturated heterocycles. The molecule has 1 atom stereocenters. The number of ether oxygens (including phenoxy) is 2. The van der Waals surface area contributed by atoms with E-state index in [2.05, 4.69) is 29.4 Å². The number of fused-ring (bicyclic) bond motifs is 1. The molecule has 0 radical (unpaired) electrons. The number of amides is 1. The Morgan fingerprint density at radius 1 is 1.15 bits per heavy atom. The number of hydrogen-bond acceptors (Lipinski definition) is 6. The number of nitrogens with one attached hydrogen (secondary N) is 1. The van der Waals surface area contributed by atoms with Crippen LogP contribution < -0.4 is 14.8 Å². The Labute approximate surface area is 202 Å². The van der Waals surface area contributed by atoms with Crippen molar-refractivity contribution in [3.05, 3.63) is 53.8 Å². The molecule has 5 rings (SSSR count). The third-order valence-corrected chi connectivity index (χ3v) is 6.88. The van der Waals surface area contributed by atoms with Crippen molar-refractivity contribution in [2.75, 3.05) is 19.0 Å². The number of rotatable bonds is 8. The predicted octanol–water partition coefficient (Wildman–Crippen LogP) is 4.80. The molecule has 7 nitrogen and oxygen atoms in total. The number of hydrogen-bond donors (Lipinski definition) is 1. The van der Waals surface area contributed by atoms with E-state index in [9.17, 15) is 9.18 Å². The molecule has 34 heavy (non-hydrogen) atoms. The first-order chi connectivity index (χ1) is 16.5. The lowest BCUT2D eigenvalue weighted by atomic mass is 9.95. The Balaban J connectivity index is 1.29. The van der Waals surface area contributed by atoms with Gasteiger partial charge in [-0.25, -0.2) is 4.39 Å². The summed E-state index contributed by atoms with van der Waals surface area (Å²) in [4.78, 5) is 12.9. The zero-order valence-corrected chi connectivity index (χ0v) is 20.0. The number of aromatic nitrogens is 3. The van der Waals surface area contributed by atoms with E-state index in [1.807, 2.05) is 22.8 Å². The molecule has 1 aliphatic heterocycles. The molecule has 1 aromatic heterocycles. The first-order valence-corrected chi connectivity index (χ1v) is 12.5. The second kappa shape index (κ2) is 9.66. The summed E-state index contributed by atoms with van der Waals surface area (Å²) < 4.78 is 27.7. The lowest BCUT2D eigenvalue weighted by Crippen LogP contribution is -2.33. The summed E-state index contributed by atoms with van der Waals surface area (Å²) in [5.74, 6) is 1.89. The number of halogens is 1. The van der Waals surface area contributed by atoms with Gasteiger partial charge in [-0.1, -0.05) is 43.8 Å². The van der Waals surface area contributed by atoms with Crippen LogP contribution in [0.3, 0.4) is 0 Å². The summed E-state index contributed by atoms with van der Waals surface area (Å²) >= 11 is 1.33. The highest BCUT2D eigenvalue weighted by Gasteiger charge is 2.31. The minimum atomic E-state index is -0.328. The Bertz CT molecular complexity index is 1190. The molecule has 1 saturated carbocycles. The number of nitrogens with zero attached hydrogens (tertiary/aromatic N) is 3. The van der Waals surface area contributed by atoms with Crippen LogP contribution in [0.5, 0.6) is 11.5 Å². The molecule has 0 bridgehead atoms. The molecule has 3 aromatic rings. The summed E-state index contributed by atoms with van der Waals surface area (Å²) in [6, 6.07) is 12.5. The highest BCUT2D eigenvalue weighted by molar-refractivity contribution is 7.99. The molecule has 1 amide bonds. The van der Waals surface area contributed by atoms with E-state index < -0.39 is 0 Å². The van der Waals surface area contributed by atoms with Gasteiger partial charge >= 0.3 is 0 Å². The molecule has 1 N–H and O–H groups in total. The van der Waals surface area contributed by atoms with E-state index in [4.69, 9.17) is 9.47 Å². The van der Waals surface area contributed by atoms with Crippen LogP contribution in [0, 0.1) is 11.7 Å². The van der Waals surface area contributed by atoms with Gasteiger partial charge in [0.25, 0.3) is 0 Å². The molecule has 0 spiro atoms. The molecule has 1 fully saturated rings. The van der Waals surface area contributed by atoms with E-state index in [1.54, 1.807) is 18.2 Å². The normalized spacial score (nSPS) is 15.9. The molecule has 1 aliphatic carbocycles. The quantitative estimate of drug-likeness (QED) is 0.465. The van der Waals surface area contributed by atoms with Crippen LogP contribution >= 0.6 is 11.8 Å². The number of benzene rings is 2. The third kappa shape index (κ3) is 4.75. The van der Waals surface area contributed by atoms with Crippen molar-refractivity contribution in [2.24, 2.45) is 5.92 Å². The second-order valence-electron chi connectivity index (χ2n) is 8.87. The van der Waals surface area contributed by atoms with Gasteiger partial charge in [0, 0.05) is 6.04 Å². The minimum absolute atomic E-state index is 0.101. The van der Waals surface area contributed by atoms with Gasteiger partial charge in [-0.3, -0.25) is 9.36 Å². The molecule has 9 heteroatoms. The molecule has 2 aliphatic rings. The zero-order chi connectivity index (χ0) is 23.7.